The van der Waals surface area contributed by atoms with Crippen molar-refractivity contribution in [2.45, 2.75) is 32.8 Å². The first kappa shape index (κ1) is 10.9. The van der Waals surface area contributed by atoms with Crippen LogP contribution >= 0.6 is 0 Å². The molecule has 0 saturated carbocycles. The zero-order valence-electron chi connectivity index (χ0n) is 8.83. The van der Waals surface area contributed by atoms with Crippen LogP contribution in [0.4, 0.5) is 0 Å². The van der Waals surface area contributed by atoms with Crippen molar-refractivity contribution in [3.63, 3.8) is 0 Å². The average Bonchev–Trinajstić information content (AvgIpc) is 2.12. The van der Waals surface area contributed by atoms with Gasteiger partial charge in [0, 0.05) is 11.4 Å². The number of aliphatic hydroxyl groups excluding tert-OH is 1. The fraction of sp³-hybridized carbons (Fsp3) is 0.417. The van der Waals surface area contributed by atoms with Crippen molar-refractivity contribution in [3.05, 3.63) is 41.7 Å². The summed E-state index contributed by atoms with van der Waals surface area (Å²) in [5, 5.41) is 9.82. The first-order chi connectivity index (χ1) is 6.63. The maximum absolute atomic E-state index is 9.82. The topological polar surface area (TPSA) is 33.1 Å². The monoisotopic (exact) mass is 191 g/mol. The quantitative estimate of drug-likeness (QED) is 0.742. The van der Waals surface area contributed by atoms with Crippen molar-refractivity contribution in [1.29, 1.82) is 0 Å². The number of aliphatic hydroxyl groups is 1. The highest BCUT2D eigenvalue weighted by atomic mass is 16.3. The Bertz CT molecular complexity index is 300. The predicted octanol–water partition coefficient (Wildman–Crippen LogP) is 2.70. The van der Waals surface area contributed by atoms with Gasteiger partial charge in [-0.1, -0.05) is 6.08 Å². The number of hydrogen-bond donors (Lipinski definition) is 1. The molecule has 0 aromatic carbocycles. The molecule has 0 aliphatic carbocycles. The molecular formula is C12H17NO. The number of hydrogen-bond acceptors (Lipinski definition) is 2. The molecule has 14 heavy (non-hydrogen) atoms. The Labute approximate surface area is 85.3 Å². The predicted molar refractivity (Wildman–Crippen MR) is 58.1 cm³/mol. The van der Waals surface area contributed by atoms with Crippen LogP contribution in [0.15, 0.2) is 24.8 Å². The third kappa shape index (κ3) is 2.96. The molecule has 0 aliphatic rings. The smallest absolute Gasteiger partial charge is 0.0794 e. The van der Waals surface area contributed by atoms with Crippen molar-refractivity contribution in [3.8, 4) is 0 Å². The molecule has 1 atom stereocenters. The van der Waals surface area contributed by atoms with Crippen LogP contribution in [0.25, 0.3) is 0 Å². The zero-order chi connectivity index (χ0) is 10.6. The van der Waals surface area contributed by atoms with Crippen LogP contribution < -0.4 is 0 Å². The summed E-state index contributed by atoms with van der Waals surface area (Å²) < 4.78 is 0. The third-order valence-corrected chi connectivity index (χ3v) is 2.13. The molecule has 2 heteroatoms. The van der Waals surface area contributed by atoms with Crippen LogP contribution in [0.3, 0.4) is 0 Å². The molecule has 76 valence electrons. The molecule has 0 radical (unpaired) electrons. The summed E-state index contributed by atoms with van der Waals surface area (Å²) in [4.78, 5) is 4.27. The molecule has 0 spiro atoms. The third-order valence-electron chi connectivity index (χ3n) is 2.13. The van der Waals surface area contributed by atoms with Gasteiger partial charge in [0.1, 0.15) is 0 Å². The van der Waals surface area contributed by atoms with Crippen molar-refractivity contribution in [2.24, 2.45) is 0 Å². The summed E-state index contributed by atoms with van der Waals surface area (Å²) in [6.07, 6.45) is 2.99. The molecule has 0 amide bonds. The Morgan fingerprint density at radius 2 is 2.00 bits per heavy atom. The average molecular weight is 191 g/mol. The van der Waals surface area contributed by atoms with Gasteiger partial charge in [-0.25, -0.2) is 0 Å². The number of rotatable bonds is 4. The van der Waals surface area contributed by atoms with E-state index in [4.69, 9.17) is 0 Å². The number of allylic oxidation sites excluding steroid dienone is 1. The largest absolute Gasteiger partial charge is 0.388 e. The Morgan fingerprint density at radius 1 is 1.43 bits per heavy atom. The lowest BCUT2D eigenvalue weighted by molar-refractivity contribution is 0.168. The van der Waals surface area contributed by atoms with Crippen LogP contribution in [0.2, 0.25) is 0 Å². The van der Waals surface area contributed by atoms with Crippen molar-refractivity contribution >= 4 is 0 Å². The van der Waals surface area contributed by atoms with Gasteiger partial charge in [-0.15, -0.1) is 6.58 Å². The van der Waals surface area contributed by atoms with Crippen LogP contribution in [0, 0.1) is 13.8 Å². The summed E-state index contributed by atoms with van der Waals surface area (Å²) in [7, 11) is 0. The molecule has 1 heterocycles. The number of nitrogens with zero attached hydrogens (tertiary/aromatic N) is 1. The van der Waals surface area contributed by atoms with Gasteiger partial charge < -0.3 is 5.11 Å². The first-order valence-electron chi connectivity index (χ1n) is 4.87. The fourth-order valence-corrected chi connectivity index (χ4v) is 1.50. The van der Waals surface area contributed by atoms with E-state index in [0.717, 1.165) is 29.8 Å². The molecule has 1 rings (SSSR count). The maximum Gasteiger partial charge on any atom is 0.0794 e. The Hall–Kier alpha value is -1.15. The van der Waals surface area contributed by atoms with Gasteiger partial charge in [0.2, 0.25) is 0 Å². The molecule has 2 nitrogen and oxygen atoms in total. The lowest BCUT2D eigenvalue weighted by Gasteiger charge is -2.10. The van der Waals surface area contributed by atoms with E-state index in [-0.39, 0.29) is 0 Å². The van der Waals surface area contributed by atoms with E-state index in [1.165, 1.54) is 0 Å². The van der Waals surface area contributed by atoms with Crippen molar-refractivity contribution in [1.82, 2.24) is 4.98 Å². The molecule has 1 unspecified atom stereocenters. The van der Waals surface area contributed by atoms with E-state index in [1.807, 2.05) is 32.1 Å². The Morgan fingerprint density at radius 3 is 2.50 bits per heavy atom. The van der Waals surface area contributed by atoms with E-state index in [1.54, 1.807) is 0 Å². The van der Waals surface area contributed by atoms with Gasteiger partial charge in [0.05, 0.1) is 6.10 Å². The lowest BCUT2D eigenvalue weighted by atomic mass is 10.0. The minimum absolute atomic E-state index is 0.395. The number of aryl methyl sites for hydroxylation is 2. The van der Waals surface area contributed by atoms with Crippen LogP contribution in [0.5, 0.6) is 0 Å². The summed E-state index contributed by atoms with van der Waals surface area (Å²) in [5.41, 5.74) is 2.87. The van der Waals surface area contributed by atoms with Gasteiger partial charge in [-0.2, -0.15) is 0 Å². The highest BCUT2D eigenvalue weighted by molar-refractivity contribution is 5.22. The van der Waals surface area contributed by atoms with Crippen molar-refractivity contribution in [2.75, 3.05) is 0 Å². The van der Waals surface area contributed by atoms with Crippen LogP contribution in [0.1, 0.15) is 35.9 Å². The van der Waals surface area contributed by atoms with E-state index in [2.05, 4.69) is 11.6 Å². The summed E-state index contributed by atoms with van der Waals surface area (Å²) in [6, 6.07) is 3.86. The van der Waals surface area contributed by atoms with Crippen molar-refractivity contribution < 1.29 is 5.11 Å². The second kappa shape index (κ2) is 4.91. The Kier molecular flexibility index (Phi) is 3.84. The Balaban J connectivity index is 2.78. The molecule has 0 bridgehead atoms. The molecule has 0 aliphatic heterocycles. The zero-order valence-corrected chi connectivity index (χ0v) is 8.83. The summed E-state index contributed by atoms with van der Waals surface area (Å²) in [6.45, 7) is 7.52. The van der Waals surface area contributed by atoms with Gasteiger partial charge in [0.15, 0.2) is 0 Å². The van der Waals surface area contributed by atoms with Crippen LogP contribution in [-0.2, 0) is 0 Å². The van der Waals surface area contributed by atoms with Gasteiger partial charge in [-0.3, -0.25) is 4.98 Å². The second-order valence-electron chi connectivity index (χ2n) is 3.57. The minimum atomic E-state index is -0.395. The molecule has 1 aromatic heterocycles. The number of pyridine rings is 1. The van der Waals surface area contributed by atoms with E-state index >= 15 is 0 Å². The van der Waals surface area contributed by atoms with Gasteiger partial charge >= 0.3 is 0 Å². The molecule has 1 N–H and O–H groups in total. The van der Waals surface area contributed by atoms with Gasteiger partial charge in [-0.05, 0) is 44.4 Å². The fourth-order valence-electron chi connectivity index (χ4n) is 1.50. The molecule has 0 fully saturated rings. The van der Waals surface area contributed by atoms with E-state index < -0.39 is 6.10 Å². The van der Waals surface area contributed by atoms with Gasteiger partial charge in [0.25, 0.3) is 0 Å². The maximum atomic E-state index is 9.82. The highest BCUT2D eigenvalue weighted by Crippen LogP contribution is 2.19. The van der Waals surface area contributed by atoms with Crippen LogP contribution in [-0.4, -0.2) is 10.1 Å². The SMILES string of the molecule is C=CCCC(O)c1cc(C)nc(C)c1. The summed E-state index contributed by atoms with van der Waals surface area (Å²) >= 11 is 0. The normalized spacial score (nSPS) is 12.5. The summed E-state index contributed by atoms with van der Waals surface area (Å²) in [5.74, 6) is 0. The molecule has 0 saturated heterocycles. The molecular weight excluding hydrogens is 174 g/mol. The lowest BCUT2D eigenvalue weighted by Crippen LogP contribution is -1.99. The standard InChI is InChI=1S/C12H17NO/c1-4-5-6-12(14)11-7-9(2)13-10(3)8-11/h4,7-8,12,14H,1,5-6H2,2-3H3. The first-order valence-corrected chi connectivity index (χ1v) is 4.87. The number of aromatic nitrogens is 1. The molecule has 1 aromatic rings. The highest BCUT2D eigenvalue weighted by Gasteiger charge is 2.07. The minimum Gasteiger partial charge on any atom is -0.388 e. The van der Waals surface area contributed by atoms with E-state index in [0.29, 0.717) is 0 Å². The van der Waals surface area contributed by atoms with E-state index in [9.17, 15) is 5.11 Å². The second-order valence-corrected chi connectivity index (χ2v) is 3.57.